The number of hydrogen-bond acceptors (Lipinski definition) is 6. The normalized spacial score (nSPS) is 14.2. The van der Waals surface area contributed by atoms with E-state index in [4.69, 9.17) is 0 Å². The number of phenolic OH excluding ortho intramolecular Hbond substituents is 1. The average molecular weight is 451 g/mol. The van der Waals surface area contributed by atoms with Crippen LogP contribution in [0.4, 0.5) is 5.69 Å². The number of aryl methyl sites for hydroxylation is 1. The van der Waals surface area contributed by atoms with Crippen LogP contribution in [0.1, 0.15) is 23.6 Å². The lowest BCUT2D eigenvalue weighted by Gasteiger charge is -2.24. The van der Waals surface area contributed by atoms with Gasteiger partial charge in [0, 0.05) is 30.6 Å². The third-order valence-corrected chi connectivity index (χ3v) is 5.83. The topological polar surface area (TPSA) is 78.9 Å². The molecule has 0 saturated heterocycles. The van der Waals surface area contributed by atoms with E-state index < -0.39 is 0 Å². The van der Waals surface area contributed by atoms with Gasteiger partial charge < -0.3 is 10.0 Å². The van der Waals surface area contributed by atoms with Gasteiger partial charge in [0.15, 0.2) is 0 Å². The molecule has 34 heavy (non-hydrogen) atoms. The van der Waals surface area contributed by atoms with Gasteiger partial charge in [-0.3, -0.25) is 4.99 Å². The van der Waals surface area contributed by atoms with Gasteiger partial charge in [-0.05, 0) is 67.0 Å². The lowest BCUT2D eigenvalue weighted by molar-refractivity contribution is 0.459. The maximum Gasteiger partial charge on any atom is 0.148 e. The summed E-state index contributed by atoms with van der Waals surface area (Å²) in [5, 5.41) is 20.2. The Kier molecular flexibility index (Phi) is 5.91. The second-order valence-corrected chi connectivity index (χ2v) is 8.33. The first-order chi connectivity index (χ1) is 16.6. The van der Waals surface area contributed by atoms with E-state index >= 15 is 0 Å². The summed E-state index contributed by atoms with van der Waals surface area (Å²) < 4.78 is 0. The van der Waals surface area contributed by atoms with Crippen LogP contribution in [-0.2, 0) is 6.54 Å². The van der Waals surface area contributed by atoms with Crippen molar-refractivity contribution in [1.29, 1.82) is 0 Å². The van der Waals surface area contributed by atoms with Gasteiger partial charge >= 0.3 is 0 Å². The van der Waals surface area contributed by atoms with Crippen LogP contribution in [-0.4, -0.2) is 45.7 Å². The number of phenols is 1. The van der Waals surface area contributed by atoms with E-state index in [2.05, 4.69) is 62.3 Å². The van der Waals surface area contributed by atoms with E-state index in [0.717, 1.165) is 45.5 Å². The number of aromatic nitrogens is 3. The molecule has 4 aromatic rings. The van der Waals surface area contributed by atoms with Crippen molar-refractivity contribution < 1.29 is 5.11 Å². The molecule has 0 aliphatic carbocycles. The molecule has 2 heterocycles. The number of hydrogen-bond donors (Lipinski definition) is 1. The minimum atomic E-state index is 0.197. The van der Waals surface area contributed by atoms with Crippen molar-refractivity contribution >= 4 is 35.3 Å². The van der Waals surface area contributed by atoms with Gasteiger partial charge in [0.25, 0.3) is 0 Å². The summed E-state index contributed by atoms with van der Waals surface area (Å²) in [6, 6.07) is 20.0. The molecule has 0 radical (unpaired) electrons. The van der Waals surface area contributed by atoms with E-state index in [0.29, 0.717) is 18.8 Å². The number of benzene rings is 3. The molecule has 0 bridgehead atoms. The number of rotatable bonds is 6. The molecule has 0 saturated carbocycles. The Labute approximate surface area is 198 Å². The maximum absolute atomic E-state index is 11.2. The minimum absolute atomic E-state index is 0.197. The highest BCUT2D eigenvalue weighted by atomic mass is 16.3. The largest absolute Gasteiger partial charge is 0.505 e. The highest BCUT2D eigenvalue weighted by molar-refractivity contribution is 5.92. The number of fused-ring (bicyclic) bond motifs is 1. The van der Waals surface area contributed by atoms with Crippen LogP contribution in [0, 0.1) is 6.92 Å². The molecule has 3 aromatic carbocycles. The fourth-order valence-electron chi connectivity index (χ4n) is 4.11. The van der Waals surface area contributed by atoms with Crippen LogP contribution < -0.4 is 4.90 Å². The van der Waals surface area contributed by atoms with Crippen molar-refractivity contribution in [3.8, 4) is 11.4 Å². The molecule has 1 N–H and O–H groups in total. The number of anilines is 1. The standard InChI is InChI=1S/C27H26N6O/c1-3-32(23-10-8-20(9-11-23)14-21-15-28-18-29-16-21)17-22-12-19(2)13-26(27(22)34)33-30-24-6-4-5-7-25(24)31-33/h4-15,18,34H,3,16-17H2,1-2H3. The van der Waals surface area contributed by atoms with E-state index in [-0.39, 0.29) is 5.75 Å². The number of nitrogens with zero attached hydrogens (tertiary/aromatic N) is 6. The second-order valence-electron chi connectivity index (χ2n) is 8.33. The summed E-state index contributed by atoms with van der Waals surface area (Å²) in [5.41, 5.74) is 7.32. The highest BCUT2D eigenvalue weighted by Crippen LogP contribution is 2.30. The van der Waals surface area contributed by atoms with Crippen molar-refractivity contribution in [3.05, 3.63) is 82.9 Å². The summed E-state index contributed by atoms with van der Waals surface area (Å²) >= 11 is 0. The Morgan fingerprint density at radius 3 is 2.41 bits per heavy atom. The molecule has 1 aromatic heterocycles. The fourth-order valence-corrected chi connectivity index (χ4v) is 4.11. The summed E-state index contributed by atoms with van der Waals surface area (Å²) in [4.78, 5) is 12.0. The Morgan fingerprint density at radius 2 is 1.76 bits per heavy atom. The highest BCUT2D eigenvalue weighted by Gasteiger charge is 2.16. The van der Waals surface area contributed by atoms with Crippen molar-refractivity contribution in [2.75, 3.05) is 18.0 Å². The van der Waals surface area contributed by atoms with Crippen molar-refractivity contribution in [3.63, 3.8) is 0 Å². The lowest BCUT2D eigenvalue weighted by Crippen LogP contribution is -2.22. The summed E-state index contributed by atoms with van der Waals surface area (Å²) in [5.74, 6) is 0.197. The van der Waals surface area contributed by atoms with Gasteiger partial charge in [-0.1, -0.05) is 30.3 Å². The molecule has 7 nitrogen and oxygen atoms in total. The molecule has 1 aliphatic heterocycles. The van der Waals surface area contributed by atoms with Crippen LogP contribution in [0.15, 0.2) is 76.2 Å². The van der Waals surface area contributed by atoms with Gasteiger partial charge in [-0.2, -0.15) is 0 Å². The van der Waals surface area contributed by atoms with Gasteiger partial charge in [0.2, 0.25) is 0 Å². The number of aromatic hydroxyl groups is 1. The van der Waals surface area contributed by atoms with E-state index in [1.807, 2.05) is 49.5 Å². The molecular weight excluding hydrogens is 424 g/mol. The molecule has 0 atom stereocenters. The summed E-state index contributed by atoms with van der Waals surface area (Å²) in [6.45, 7) is 6.16. The average Bonchev–Trinajstić information content (AvgIpc) is 3.30. The monoisotopic (exact) mass is 450 g/mol. The quantitative estimate of drug-likeness (QED) is 0.450. The molecule has 5 rings (SSSR count). The van der Waals surface area contributed by atoms with Crippen LogP contribution in [0.5, 0.6) is 5.75 Å². The van der Waals surface area contributed by atoms with Crippen LogP contribution in [0.2, 0.25) is 0 Å². The van der Waals surface area contributed by atoms with Crippen molar-refractivity contribution in [2.45, 2.75) is 20.4 Å². The van der Waals surface area contributed by atoms with Gasteiger partial charge in [-0.25, -0.2) is 4.99 Å². The fraction of sp³-hybridized carbons (Fsp3) is 0.185. The van der Waals surface area contributed by atoms with Crippen molar-refractivity contribution in [1.82, 2.24) is 15.0 Å². The molecule has 0 spiro atoms. The smallest absolute Gasteiger partial charge is 0.148 e. The Bertz CT molecular complexity index is 1380. The molecular formula is C27H26N6O. The molecule has 0 fully saturated rings. The van der Waals surface area contributed by atoms with Gasteiger partial charge in [0.05, 0.1) is 6.54 Å². The van der Waals surface area contributed by atoms with Crippen molar-refractivity contribution in [2.24, 2.45) is 9.98 Å². The lowest BCUT2D eigenvalue weighted by atomic mass is 10.1. The van der Waals surface area contributed by atoms with E-state index in [1.165, 1.54) is 4.80 Å². The molecule has 170 valence electrons. The third kappa shape index (κ3) is 4.45. The van der Waals surface area contributed by atoms with E-state index in [9.17, 15) is 5.11 Å². The zero-order valence-corrected chi connectivity index (χ0v) is 19.3. The van der Waals surface area contributed by atoms with Crippen LogP contribution >= 0.6 is 0 Å². The second kappa shape index (κ2) is 9.31. The predicted molar refractivity (Wildman–Crippen MR) is 138 cm³/mol. The predicted octanol–water partition coefficient (Wildman–Crippen LogP) is 4.96. The first-order valence-electron chi connectivity index (χ1n) is 11.3. The Morgan fingerprint density at radius 1 is 1.03 bits per heavy atom. The van der Waals surface area contributed by atoms with E-state index in [1.54, 1.807) is 6.34 Å². The first-order valence-corrected chi connectivity index (χ1v) is 11.3. The van der Waals surface area contributed by atoms with Crippen LogP contribution in [0.3, 0.4) is 0 Å². The zero-order valence-electron chi connectivity index (χ0n) is 19.3. The molecule has 1 aliphatic rings. The summed E-state index contributed by atoms with van der Waals surface area (Å²) in [6.07, 6.45) is 5.52. The number of aliphatic imine (C=N–C) groups is 2. The Balaban J connectivity index is 1.41. The summed E-state index contributed by atoms with van der Waals surface area (Å²) in [7, 11) is 0. The third-order valence-electron chi connectivity index (χ3n) is 5.83. The zero-order chi connectivity index (χ0) is 23.5. The maximum atomic E-state index is 11.2. The SMILES string of the molecule is CCN(Cc1cc(C)cc(-n2nc3ccccc3n2)c1O)c1ccc(C=C2C=NC=NC2)cc1. The Hall–Kier alpha value is -4.26. The molecule has 0 amide bonds. The molecule has 0 unspecified atom stereocenters. The minimum Gasteiger partial charge on any atom is -0.505 e. The van der Waals surface area contributed by atoms with Gasteiger partial charge in [0.1, 0.15) is 28.8 Å². The van der Waals surface area contributed by atoms with Gasteiger partial charge in [-0.15, -0.1) is 15.0 Å². The van der Waals surface area contributed by atoms with Crippen LogP contribution in [0.25, 0.3) is 22.8 Å². The molecule has 7 heteroatoms. The first kappa shape index (κ1) is 21.6.